The van der Waals surface area contributed by atoms with E-state index in [-0.39, 0.29) is 11.6 Å². The molecule has 35 heavy (non-hydrogen) atoms. The Bertz CT molecular complexity index is 1420. The Kier molecular flexibility index (Phi) is 5.74. The zero-order chi connectivity index (χ0) is 24.6. The molecule has 0 saturated carbocycles. The van der Waals surface area contributed by atoms with E-state index in [0.717, 1.165) is 24.2 Å². The van der Waals surface area contributed by atoms with E-state index in [1.807, 2.05) is 29.8 Å². The van der Waals surface area contributed by atoms with Crippen molar-refractivity contribution in [1.29, 1.82) is 5.26 Å². The number of hydrogen-bond acceptors (Lipinski definition) is 9. The van der Waals surface area contributed by atoms with Gasteiger partial charge in [0.15, 0.2) is 5.82 Å². The number of hydrogen-bond donors (Lipinski definition) is 3. The summed E-state index contributed by atoms with van der Waals surface area (Å²) in [6.45, 7) is 4.83. The first-order valence-electron chi connectivity index (χ1n) is 11.4. The molecule has 1 fully saturated rings. The average molecular weight is 474 g/mol. The van der Waals surface area contributed by atoms with Crippen molar-refractivity contribution in [1.82, 2.24) is 29.7 Å². The monoisotopic (exact) mass is 473 g/mol. The molecule has 3 aromatic heterocycles. The van der Waals surface area contributed by atoms with Crippen molar-refractivity contribution in [2.45, 2.75) is 38.3 Å². The Hall–Kier alpha value is -4.17. The quantitative estimate of drug-likeness (QED) is 0.382. The number of fused-ring (bicyclic) bond motifs is 1. The number of methoxy groups -OCH3 is 1. The summed E-state index contributed by atoms with van der Waals surface area (Å²) in [6.07, 6.45) is 4.97. The normalized spacial score (nSPS) is 17.2. The number of aromatic amines is 1. The number of aryl methyl sites for hydroxylation is 1. The molecule has 1 aliphatic heterocycles. The minimum atomic E-state index is -0.225. The number of H-pyrrole nitrogens is 1. The van der Waals surface area contributed by atoms with Crippen LogP contribution in [0, 0.1) is 11.3 Å². The number of aromatic nitrogens is 6. The summed E-state index contributed by atoms with van der Waals surface area (Å²) < 4.78 is 13.3. The van der Waals surface area contributed by atoms with E-state index in [9.17, 15) is 5.26 Å². The minimum absolute atomic E-state index is 0.159. The number of anilines is 3. The third-order valence-corrected chi connectivity index (χ3v) is 6.11. The first kappa shape index (κ1) is 22.6. The predicted molar refractivity (Wildman–Crippen MR) is 132 cm³/mol. The van der Waals surface area contributed by atoms with E-state index in [2.05, 4.69) is 50.7 Å². The van der Waals surface area contributed by atoms with Crippen LogP contribution >= 0.6 is 0 Å². The van der Waals surface area contributed by atoms with Gasteiger partial charge in [0.1, 0.15) is 29.6 Å². The van der Waals surface area contributed by atoms with Crippen LogP contribution < -0.4 is 15.4 Å². The van der Waals surface area contributed by atoms with Crippen LogP contribution in [0.5, 0.6) is 5.75 Å². The van der Waals surface area contributed by atoms with Gasteiger partial charge in [-0.3, -0.25) is 0 Å². The van der Waals surface area contributed by atoms with Crippen molar-refractivity contribution in [2.75, 3.05) is 24.4 Å². The summed E-state index contributed by atoms with van der Waals surface area (Å²) in [5.41, 5.74) is 2.41. The van der Waals surface area contributed by atoms with Crippen molar-refractivity contribution in [3.05, 3.63) is 36.3 Å². The zero-order valence-corrected chi connectivity index (χ0v) is 20.1. The third kappa shape index (κ3) is 4.48. The Morgan fingerprint density at radius 1 is 1.31 bits per heavy atom. The Morgan fingerprint density at radius 3 is 2.89 bits per heavy atom. The highest BCUT2D eigenvalue weighted by Gasteiger charge is 2.30. The SMILES string of the molecule is COc1cc(-c2nncn2C)ccc1Nc1nc(NC2CCOC(C)(C)C2)c2c(C#N)c[nH]c2n1. The highest BCUT2D eigenvalue weighted by Crippen LogP contribution is 2.34. The van der Waals surface area contributed by atoms with Crippen molar-refractivity contribution < 1.29 is 9.47 Å². The molecule has 3 N–H and O–H groups in total. The molecule has 0 spiro atoms. The maximum atomic E-state index is 9.62. The lowest BCUT2D eigenvalue weighted by molar-refractivity contribution is -0.0553. The molecule has 180 valence electrons. The van der Waals surface area contributed by atoms with Gasteiger partial charge in [-0.2, -0.15) is 15.2 Å². The first-order chi connectivity index (χ1) is 16.9. The van der Waals surface area contributed by atoms with Gasteiger partial charge in [-0.15, -0.1) is 10.2 Å². The van der Waals surface area contributed by atoms with Gasteiger partial charge in [0.25, 0.3) is 0 Å². The molecule has 1 unspecified atom stereocenters. The van der Waals surface area contributed by atoms with E-state index in [1.165, 1.54) is 0 Å². The number of benzene rings is 1. The summed E-state index contributed by atoms with van der Waals surface area (Å²) >= 11 is 0. The number of ether oxygens (including phenoxy) is 2. The van der Waals surface area contributed by atoms with Crippen LogP contribution in [0.15, 0.2) is 30.7 Å². The molecule has 4 aromatic rings. The van der Waals surface area contributed by atoms with Gasteiger partial charge < -0.3 is 29.7 Å². The van der Waals surface area contributed by atoms with Crippen molar-refractivity contribution in [3.63, 3.8) is 0 Å². The van der Waals surface area contributed by atoms with Crippen LogP contribution in [0.1, 0.15) is 32.3 Å². The molecule has 4 heterocycles. The van der Waals surface area contributed by atoms with Crippen LogP contribution in [0.25, 0.3) is 22.4 Å². The molecular formula is C24H27N9O2. The van der Waals surface area contributed by atoms with Gasteiger partial charge in [-0.1, -0.05) is 0 Å². The fourth-order valence-corrected chi connectivity index (χ4v) is 4.43. The summed E-state index contributed by atoms with van der Waals surface area (Å²) in [7, 11) is 3.49. The lowest BCUT2D eigenvalue weighted by atomic mass is 9.94. The van der Waals surface area contributed by atoms with Crippen LogP contribution in [0.4, 0.5) is 17.5 Å². The predicted octanol–water partition coefficient (Wildman–Crippen LogP) is 3.75. The summed E-state index contributed by atoms with van der Waals surface area (Å²) in [6, 6.07) is 8.09. The van der Waals surface area contributed by atoms with Gasteiger partial charge in [0, 0.05) is 31.5 Å². The second kappa shape index (κ2) is 8.88. The van der Waals surface area contributed by atoms with Crippen molar-refractivity contribution in [3.8, 4) is 23.2 Å². The maximum Gasteiger partial charge on any atom is 0.231 e. The van der Waals surface area contributed by atoms with Gasteiger partial charge in [-0.25, -0.2) is 0 Å². The maximum absolute atomic E-state index is 9.62. The number of nitriles is 1. The molecule has 1 aliphatic rings. The summed E-state index contributed by atoms with van der Waals surface area (Å²) in [5, 5.41) is 25.2. The molecule has 0 aliphatic carbocycles. The van der Waals surface area contributed by atoms with Gasteiger partial charge in [0.2, 0.25) is 5.95 Å². The second-order valence-corrected chi connectivity index (χ2v) is 9.18. The topological polar surface area (TPSA) is 139 Å². The number of nitrogens with one attached hydrogen (secondary N) is 3. The lowest BCUT2D eigenvalue weighted by Crippen LogP contribution is -2.40. The van der Waals surface area contributed by atoms with Crippen LogP contribution in [0.2, 0.25) is 0 Å². The average Bonchev–Trinajstić information content (AvgIpc) is 3.44. The number of rotatable bonds is 6. The Labute approximate surface area is 202 Å². The Morgan fingerprint density at radius 2 is 2.17 bits per heavy atom. The highest BCUT2D eigenvalue weighted by molar-refractivity contribution is 5.93. The molecule has 11 heteroatoms. The molecule has 0 bridgehead atoms. The van der Waals surface area contributed by atoms with Crippen molar-refractivity contribution in [2.24, 2.45) is 7.05 Å². The molecule has 5 rings (SSSR count). The fourth-order valence-electron chi connectivity index (χ4n) is 4.43. The minimum Gasteiger partial charge on any atom is -0.495 e. The molecule has 1 saturated heterocycles. The highest BCUT2D eigenvalue weighted by atomic mass is 16.5. The van der Waals surface area contributed by atoms with Gasteiger partial charge in [0.05, 0.1) is 29.3 Å². The zero-order valence-electron chi connectivity index (χ0n) is 20.1. The second-order valence-electron chi connectivity index (χ2n) is 9.18. The van der Waals surface area contributed by atoms with E-state index < -0.39 is 0 Å². The number of nitrogens with zero attached hydrogens (tertiary/aromatic N) is 6. The van der Waals surface area contributed by atoms with Crippen LogP contribution in [-0.2, 0) is 11.8 Å². The van der Waals surface area contributed by atoms with Crippen LogP contribution in [0.3, 0.4) is 0 Å². The third-order valence-electron chi connectivity index (χ3n) is 6.11. The van der Waals surface area contributed by atoms with E-state index in [0.29, 0.717) is 46.4 Å². The first-order valence-corrected chi connectivity index (χ1v) is 11.4. The lowest BCUT2D eigenvalue weighted by Gasteiger charge is -2.36. The van der Waals surface area contributed by atoms with E-state index >= 15 is 0 Å². The molecule has 1 aromatic carbocycles. The molecule has 0 amide bonds. The van der Waals surface area contributed by atoms with Crippen LogP contribution in [-0.4, -0.2) is 55.1 Å². The molecule has 11 nitrogen and oxygen atoms in total. The van der Waals surface area contributed by atoms with Gasteiger partial charge in [-0.05, 0) is 44.9 Å². The smallest absolute Gasteiger partial charge is 0.231 e. The van der Waals surface area contributed by atoms with E-state index in [1.54, 1.807) is 19.6 Å². The Balaban J connectivity index is 1.49. The molecular weight excluding hydrogens is 446 g/mol. The van der Waals surface area contributed by atoms with Gasteiger partial charge >= 0.3 is 0 Å². The summed E-state index contributed by atoms with van der Waals surface area (Å²) in [4.78, 5) is 12.5. The molecule has 0 radical (unpaired) electrons. The van der Waals surface area contributed by atoms with E-state index in [4.69, 9.17) is 14.5 Å². The summed E-state index contributed by atoms with van der Waals surface area (Å²) in [5.74, 6) is 2.32. The standard InChI is InChI=1S/C24H27N9O2/c1-24(2)10-16(7-8-35-24)28-21-19-15(11-25)12-26-20(19)30-23(31-21)29-17-6-5-14(9-18(17)34-4)22-32-27-13-33(22)3/h5-6,9,12-13,16H,7-8,10H2,1-4H3,(H3,26,28,29,30,31). The van der Waals surface area contributed by atoms with Crippen molar-refractivity contribution >= 4 is 28.5 Å². The fraction of sp³-hybridized carbons (Fsp3) is 0.375. The largest absolute Gasteiger partial charge is 0.495 e. The molecule has 1 atom stereocenters.